The number of carbonyl (C=O) groups is 1. The van der Waals surface area contributed by atoms with E-state index in [2.05, 4.69) is 5.32 Å². The quantitative estimate of drug-likeness (QED) is 0.0280. The second-order valence-corrected chi connectivity index (χ2v) is 34.5. The predicted molar refractivity (Wildman–Crippen MR) is 407 cm³/mol. The molecule has 0 saturated carbocycles. The molecule has 12 aliphatic heterocycles. The van der Waals surface area contributed by atoms with Crippen molar-refractivity contribution in [1.29, 1.82) is 0 Å². The maximum absolute atomic E-state index is 12.8. The maximum Gasteiger partial charge on any atom is 0.217 e. The van der Waals surface area contributed by atoms with Crippen LogP contribution in [-0.2, 0) is 114 Å². The van der Waals surface area contributed by atoms with Crippen molar-refractivity contribution in [1.82, 2.24) is 5.32 Å². The molecule has 0 aromatic rings. The van der Waals surface area contributed by atoms with Crippen LogP contribution in [0.4, 0.5) is 0 Å². The van der Waals surface area contributed by atoms with Crippen molar-refractivity contribution in [3.8, 4) is 0 Å². The standard InChI is InChI=1S/C74H125NO61/c1-14(85)75-27-39(97)55(23(10-84)117-63(27)113)129-71-54(112)59(38(96)26(127-71)13-116-66-51(109)58(130-67-49(107)42(100)30(88)17(4-78)120-67)37(95)25(126-66)12-115-65-48(106)41(99)29(87)16(3-77)119-65)133-74-62(46(104)34(92)24(128-74)11-114-64-47(105)40(98)28(86)15(2-76)118-64)136-73-61(45(103)33(91)20(7-81)125-73)135-70-52(110)56(35(93)21(8-82)123-70)131-69-53(111)57(36(94)22(9-83)122-69)132-72-60(44(102)32(90)19(6-80)124-72)134-68-50(108)43(101)31(89)18(5-79)121-68/h15-74,76-84,86-113H,2-13H2,1H3,(H,75,85)/t15-,16-,17-,18-,19-,20-,21-,22-,23-,24-,25-,26-,27-,28-,29-,30-,31-,32-,33-,34-,35-,36-,37-,38-,39-,40+,41+,42+,43+,44+,45+,46+,47+,48+,49+,50-,51+,52+,53-,54+,55-,56+,57+,58+,59+,60-,61+,62+,63?,64+,65+,66+,67-,68-,69-,70-,71+,72-,73-,74-/m1/s1. The van der Waals surface area contributed by atoms with E-state index in [-0.39, 0.29) is 0 Å². The van der Waals surface area contributed by atoms with Gasteiger partial charge < -0.3 is 303 Å². The second kappa shape index (κ2) is 48.6. The molecule has 1 amide bonds. The van der Waals surface area contributed by atoms with Gasteiger partial charge in [0.05, 0.1) is 79.3 Å². The Hall–Kier alpha value is -2.93. The predicted octanol–water partition coefficient (Wildman–Crippen LogP) is -27.0. The average molecular weight is 2000 g/mol. The van der Waals surface area contributed by atoms with E-state index in [0.717, 1.165) is 6.92 Å². The average Bonchev–Trinajstić information content (AvgIpc) is 0.690. The van der Waals surface area contributed by atoms with Gasteiger partial charge in [0.25, 0.3) is 0 Å². The number of amides is 1. The topological polar surface area (TPSA) is 990 Å². The van der Waals surface area contributed by atoms with Crippen LogP contribution in [0.3, 0.4) is 0 Å². The van der Waals surface area contributed by atoms with Crippen molar-refractivity contribution in [2.24, 2.45) is 0 Å². The van der Waals surface area contributed by atoms with Crippen LogP contribution in [0.15, 0.2) is 0 Å². The number of nitrogens with one attached hydrogen (secondary N) is 1. The van der Waals surface area contributed by atoms with Crippen molar-refractivity contribution in [3.63, 3.8) is 0 Å². The van der Waals surface area contributed by atoms with Gasteiger partial charge in [-0.2, -0.15) is 0 Å². The van der Waals surface area contributed by atoms with Gasteiger partial charge >= 0.3 is 0 Å². The monoisotopic (exact) mass is 2000 g/mol. The van der Waals surface area contributed by atoms with Gasteiger partial charge in [0.2, 0.25) is 5.91 Å². The molecule has 0 aliphatic carbocycles. The Labute approximate surface area is 766 Å². The molecule has 62 nitrogen and oxygen atoms in total. The molecule has 12 heterocycles. The number of hydrogen-bond acceptors (Lipinski definition) is 61. The Kier molecular flexibility index (Phi) is 40.0. The lowest BCUT2D eigenvalue weighted by molar-refractivity contribution is -0.414. The molecule has 0 radical (unpaired) electrons. The van der Waals surface area contributed by atoms with Crippen LogP contribution >= 0.6 is 0 Å². The van der Waals surface area contributed by atoms with E-state index in [4.69, 9.17) is 109 Å². The Bertz CT molecular complexity index is 3590. The first kappa shape index (κ1) is 112. The summed E-state index contributed by atoms with van der Waals surface area (Å²) >= 11 is 0. The third kappa shape index (κ3) is 23.7. The fourth-order valence-corrected chi connectivity index (χ4v) is 17.4. The van der Waals surface area contributed by atoms with E-state index in [0.29, 0.717) is 0 Å². The van der Waals surface area contributed by atoms with Crippen molar-refractivity contribution in [2.45, 2.75) is 375 Å². The van der Waals surface area contributed by atoms with Crippen LogP contribution in [0, 0.1) is 0 Å². The first-order valence-corrected chi connectivity index (χ1v) is 43.2. The summed E-state index contributed by atoms with van der Waals surface area (Å²) in [5.41, 5.74) is 0. The fourth-order valence-electron chi connectivity index (χ4n) is 17.4. The normalized spacial score (nSPS) is 52.8. The van der Waals surface area contributed by atoms with Crippen LogP contribution in [0.25, 0.3) is 0 Å². The Morgan fingerprint density at radius 1 is 0.191 bits per heavy atom. The van der Waals surface area contributed by atoms with E-state index in [1.165, 1.54) is 0 Å². The zero-order valence-electron chi connectivity index (χ0n) is 71.5. The van der Waals surface area contributed by atoms with Gasteiger partial charge in [-0.1, -0.05) is 0 Å². The number of aliphatic hydroxyl groups excluding tert-OH is 37. The zero-order valence-corrected chi connectivity index (χ0v) is 71.5. The van der Waals surface area contributed by atoms with Gasteiger partial charge in [0.15, 0.2) is 75.5 Å². The van der Waals surface area contributed by atoms with E-state index < -0.39 is 454 Å². The van der Waals surface area contributed by atoms with E-state index >= 15 is 0 Å². The molecule has 0 aromatic heterocycles. The molecule has 12 rings (SSSR count). The molecule has 12 fully saturated rings. The SMILES string of the molecule is CC(=O)N[C@H]1C(O)O[C@H](CO)[C@@H](O[C@@H]2O[C@H](CO[C@H]3O[C@H](CO[C@H]4O[C@H](CO)[C@@H](O)[C@H](O)[C@@H]4O)[C@@H](O)[C@H](O[C@H]4O[C@H](CO)[C@@H](O)[C@H](O)[C@@H]4O)[C@@H]3O)[C@@H](O)[C@H](O[C@H]3O[C@H](CO[C@H]4O[C@H](CO)[C@@H](O)[C@H](O)[C@@H]4O)[C@@H](O)[C@H](O)[C@@H]3O[C@H]3O[C@H](CO)[C@@H](O)[C@H](O)[C@@H]3O[C@H]3O[C@H](CO)[C@@H](O)[C@H](O[C@H]4O[C@H](CO)[C@@H](O)[C@H](O[C@H]5O[C@H](CO)[C@@H](O)[C@H](O)[C@H]5O[C@H]5O[C@H](CO)[C@@H](O)[C@H](O)[C@H]5O)[C@H]4O)[C@@H]3O)[C@@H]2O)[C@@H]1O. The first-order valence-electron chi connectivity index (χ1n) is 43.2. The van der Waals surface area contributed by atoms with Gasteiger partial charge in [-0.05, 0) is 0 Å². The highest BCUT2D eigenvalue weighted by Crippen LogP contribution is 2.42. The zero-order chi connectivity index (χ0) is 99.7. The molecule has 60 atom stereocenters. The molecule has 0 bridgehead atoms. The van der Waals surface area contributed by atoms with Crippen molar-refractivity contribution in [2.75, 3.05) is 79.3 Å². The smallest absolute Gasteiger partial charge is 0.217 e. The Balaban J connectivity index is 0.863. The van der Waals surface area contributed by atoms with Crippen LogP contribution in [-0.4, -0.2) is 643 Å². The number of carbonyl (C=O) groups excluding carboxylic acids is 1. The summed E-state index contributed by atoms with van der Waals surface area (Å²) in [6.07, 6.45) is -132. The molecular formula is C74H125NO61. The maximum atomic E-state index is 12.8. The van der Waals surface area contributed by atoms with E-state index in [9.17, 15) is 194 Å². The summed E-state index contributed by atoms with van der Waals surface area (Å²) in [6, 6.07) is -1.87. The highest BCUT2D eigenvalue weighted by Gasteiger charge is 2.63. The molecule has 62 heteroatoms. The molecule has 38 N–H and O–H groups in total. The van der Waals surface area contributed by atoms with Crippen LogP contribution in [0.2, 0.25) is 0 Å². The Morgan fingerprint density at radius 2 is 0.382 bits per heavy atom. The largest absolute Gasteiger partial charge is 0.394 e. The fraction of sp³-hybridized carbons (Fsp3) is 0.986. The third-order valence-electron chi connectivity index (χ3n) is 25.5. The lowest BCUT2D eigenvalue weighted by Crippen LogP contribution is -2.69. The lowest BCUT2D eigenvalue weighted by Gasteiger charge is -2.51. The number of ether oxygens (including phenoxy) is 23. The van der Waals surface area contributed by atoms with Gasteiger partial charge in [0, 0.05) is 6.92 Å². The Morgan fingerprint density at radius 3 is 0.691 bits per heavy atom. The minimum absolute atomic E-state index is 0.921. The lowest BCUT2D eigenvalue weighted by atomic mass is 9.94. The van der Waals surface area contributed by atoms with Gasteiger partial charge in [-0.3, -0.25) is 4.79 Å². The number of aliphatic hydroxyl groups is 37. The molecule has 12 saturated heterocycles. The summed E-state index contributed by atoms with van der Waals surface area (Å²) in [7, 11) is 0. The van der Waals surface area contributed by atoms with Crippen molar-refractivity contribution < 1.29 is 303 Å². The molecule has 12 aliphatic rings. The van der Waals surface area contributed by atoms with Gasteiger partial charge in [-0.25, -0.2) is 0 Å². The van der Waals surface area contributed by atoms with Crippen LogP contribution in [0.5, 0.6) is 0 Å². The van der Waals surface area contributed by atoms with Gasteiger partial charge in [-0.15, -0.1) is 0 Å². The minimum atomic E-state index is -2.71. The molecule has 1 unspecified atom stereocenters. The van der Waals surface area contributed by atoms with Crippen LogP contribution in [0.1, 0.15) is 6.92 Å². The van der Waals surface area contributed by atoms with Crippen molar-refractivity contribution in [3.05, 3.63) is 0 Å². The molecular weight excluding hydrogens is 1880 g/mol. The van der Waals surface area contributed by atoms with E-state index in [1.54, 1.807) is 0 Å². The van der Waals surface area contributed by atoms with Gasteiger partial charge in [0.1, 0.15) is 293 Å². The highest BCUT2D eigenvalue weighted by molar-refractivity contribution is 5.73. The van der Waals surface area contributed by atoms with Crippen molar-refractivity contribution >= 4 is 5.91 Å². The number of hydrogen-bond donors (Lipinski definition) is 38. The summed E-state index contributed by atoms with van der Waals surface area (Å²) < 4.78 is 134. The van der Waals surface area contributed by atoms with E-state index in [1.807, 2.05) is 0 Å². The summed E-state index contributed by atoms with van der Waals surface area (Å²) in [6.45, 7) is -12.8. The summed E-state index contributed by atoms with van der Waals surface area (Å²) in [5, 5.41) is 415. The summed E-state index contributed by atoms with van der Waals surface area (Å²) in [5.74, 6) is -0.921. The van der Waals surface area contributed by atoms with Crippen LogP contribution < -0.4 is 5.32 Å². The third-order valence-corrected chi connectivity index (χ3v) is 25.5. The molecule has 0 aromatic carbocycles. The molecule has 136 heavy (non-hydrogen) atoms. The summed E-state index contributed by atoms with van der Waals surface area (Å²) in [4.78, 5) is 12.5. The highest BCUT2D eigenvalue weighted by atomic mass is 16.8. The molecule has 792 valence electrons. The number of rotatable bonds is 35. The minimum Gasteiger partial charge on any atom is -0.394 e. The first-order chi connectivity index (χ1) is 64.5. The molecule has 0 spiro atoms. The second-order valence-electron chi connectivity index (χ2n) is 34.5.